The van der Waals surface area contributed by atoms with Crippen molar-refractivity contribution >= 4 is 49.8 Å². The fourth-order valence-electron chi connectivity index (χ4n) is 2.89. The van der Waals surface area contributed by atoms with E-state index in [1.165, 1.54) is 17.0 Å². The number of carbonyl (C=O) groups is 1. The van der Waals surface area contributed by atoms with E-state index in [1.807, 2.05) is 0 Å². The van der Waals surface area contributed by atoms with Gasteiger partial charge in [0.1, 0.15) is 16.4 Å². The standard InChI is InChI=1S/C19H13ClF5N5O3S/c1-27-7-13(17(26)19(23,24)25)34(32,33)30-12-3-2-11(21)14(15(12)22)16(31)10-6-29-18-9(10)4-8(20)5-28-18/h2-7,26-27,30H,1H3,(H,28,29)/b13-7+,26-17?. The lowest BCUT2D eigenvalue weighted by atomic mass is 10.0. The Morgan fingerprint density at radius 2 is 1.94 bits per heavy atom. The number of aromatic amines is 1. The Balaban J connectivity index is 2.07. The average Bonchev–Trinajstić information content (AvgIpc) is 3.15. The number of hydrogen-bond acceptors (Lipinski definition) is 6. The molecule has 0 radical (unpaired) electrons. The van der Waals surface area contributed by atoms with Crippen LogP contribution < -0.4 is 10.0 Å². The molecular weight excluding hydrogens is 509 g/mol. The summed E-state index contributed by atoms with van der Waals surface area (Å²) in [5.41, 5.74) is -4.49. The molecule has 34 heavy (non-hydrogen) atoms. The zero-order chi connectivity index (χ0) is 25.4. The first-order chi connectivity index (χ1) is 15.8. The SMILES string of the molecule is CN/C=C(\C(=N)C(F)(F)F)S(=O)(=O)Nc1ccc(F)c(C(=O)c2c[nH]c3ncc(Cl)cc23)c1F. The van der Waals surface area contributed by atoms with E-state index in [2.05, 4.69) is 15.3 Å². The Labute approximate surface area is 193 Å². The largest absolute Gasteiger partial charge is 0.434 e. The molecule has 1 aromatic carbocycles. The van der Waals surface area contributed by atoms with Crippen LogP contribution in [0.5, 0.6) is 0 Å². The molecule has 0 atom stereocenters. The van der Waals surface area contributed by atoms with Gasteiger partial charge < -0.3 is 10.3 Å². The van der Waals surface area contributed by atoms with Crippen molar-refractivity contribution in [2.45, 2.75) is 6.18 Å². The summed E-state index contributed by atoms with van der Waals surface area (Å²) in [5, 5.41) is 9.43. The van der Waals surface area contributed by atoms with E-state index in [1.54, 1.807) is 0 Å². The number of carbonyl (C=O) groups excluding carboxylic acids is 1. The van der Waals surface area contributed by atoms with Gasteiger partial charge in [0.25, 0.3) is 10.0 Å². The van der Waals surface area contributed by atoms with Crippen molar-refractivity contribution in [2.24, 2.45) is 0 Å². The molecule has 0 aliphatic heterocycles. The van der Waals surface area contributed by atoms with Gasteiger partial charge >= 0.3 is 6.18 Å². The molecule has 0 bridgehead atoms. The molecule has 2 aromatic heterocycles. The molecule has 3 aromatic rings. The second-order valence-corrected chi connectivity index (χ2v) is 8.73. The number of hydrogen-bond donors (Lipinski definition) is 4. The van der Waals surface area contributed by atoms with Crippen LogP contribution in [0.1, 0.15) is 15.9 Å². The number of rotatable bonds is 7. The van der Waals surface area contributed by atoms with Crippen LogP contribution in [-0.2, 0) is 10.0 Å². The fraction of sp³-hybridized carbons (Fsp3) is 0.105. The molecule has 15 heteroatoms. The Morgan fingerprint density at radius 1 is 1.26 bits per heavy atom. The molecule has 0 aliphatic carbocycles. The van der Waals surface area contributed by atoms with Crippen molar-refractivity contribution in [1.29, 1.82) is 5.41 Å². The highest BCUT2D eigenvalue weighted by molar-refractivity contribution is 7.97. The summed E-state index contributed by atoms with van der Waals surface area (Å²) in [5.74, 6) is -4.25. The summed E-state index contributed by atoms with van der Waals surface area (Å²) in [6.07, 6.45) is -2.59. The van der Waals surface area contributed by atoms with Gasteiger partial charge in [-0.1, -0.05) is 11.6 Å². The lowest BCUT2D eigenvalue weighted by Gasteiger charge is -2.16. The zero-order valence-electron chi connectivity index (χ0n) is 16.8. The Bertz CT molecular complexity index is 1450. The van der Waals surface area contributed by atoms with E-state index in [9.17, 15) is 30.8 Å². The lowest BCUT2D eigenvalue weighted by molar-refractivity contribution is -0.0586. The van der Waals surface area contributed by atoms with Crippen LogP contribution in [0, 0.1) is 17.0 Å². The van der Waals surface area contributed by atoms with Crippen LogP contribution in [0.4, 0.5) is 27.6 Å². The van der Waals surface area contributed by atoms with Gasteiger partial charge in [-0.2, -0.15) is 13.2 Å². The quantitative estimate of drug-likeness (QED) is 0.211. The third kappa shape index (κ3) is 4.72. The lowest BCUT2D eigenvalue weighted by Crippen LogP contribution is -2.31. The third-order valence-electron chi connectivity index (χ3n) is 4.40. The molecule has 0 fully saturated rings. The molecule has 0 amide bonds. The zero-order valence-corrected chi connectivity index (χ0v) is 18.4. The normalized spacial score (nSPS) is 12.6. The predicted molar refractivity (Wildman–Crippen MR) is 114 cm³/mol. The fourth-order valence-corrected chi connectivity index (χ4v) is 4.27. The van der Waals surface area contributed by atoms with Crippen molar-refractivity contribution < 1.29 is 35.2 Å². The molecule has 3 rings (SSSR count). The number of halogens is 6. The maximum Gasteiger partial charge on any atom is 0.434 e. The summed E-state index contributed by atoms with van der Waals surface area (Å²) in [6, 6.07) is 2.46. The first-order valence-electron chi connectivity index (χ1n) is 8.99. The van der Waals surface area contributed by atoms with Gasteiger partial charge in [0.15, 0.2) is 11.5 Å². The maximum absolute atomic E-state index is 15.1. The number of alkyl halides is 3. The Hall–Kier alpha value is -3.52. The second-order valence-electron chi connectivity index (χ2n) is 6.64. The minimum atomic E-state index is -5.34. The molecule has 0 unspecified atom stereocenters. The van der Waals surface area contributed by atoms with Gasteiger partial charge in [0.05, 0.1) is 16.3 Å². The number of sulfonamides is 1. The van der Waals surface area contributed by atoms with E-state index in [-0.39, 0.29) is 21.6 Å². The van der Waals surface area contributed by atoms with Crippen molar-refractivity contribution in [3.63, 3.8) is 0 Å². The second kappa shape index (κ2) is 9.02. The average molecular weight is 522 g/mol. The Morgan fingerprint density at radius 3 is 2.56 bits per heavy atom. The number of anilines is 1. The first-order valence-corrected chi connectivity index (χ1v) is 10.9. The van der Waals surface area contributed by atoms with E-state index >= 15 is 4.39 Å². The van der Waals surface area contributed by atoms with Gasteiger partial charge in [-0.25, -0.2) is 22.2 Å². The molecule has 8 nitrogen and oxygen atoms in total. The Kier molecular flexibility index (Phi) is 6.66. The van der Waals surface area contributed by atoms with Crippen molar-refractivity contribution in [2.75, 3.05) is 11.8 Å². The highest BCUT2D eigenvalue weighted by Gasteiger charge is 2.42. The van der Waals surface area contributed by atoms with Crippen LogP contribution in [0.25, 0.3) is 11.0 Å². The molecule has 0 spiro atoms. The van der Waals surface area contributed by atoms with Crippen molar-refractivity contribution in [3.8, 4) is 0 Å². The van der Waals surface area contributed by atoms with Gasteiger partial charge in [-0.3, -0.25) is 14.9 Å². The summed E-state index contributed by atoms with van der Waals surface area (Å²) in [4.78, 5) is 17.9. The minimum absolute atomic E-state index is 0.125. The summed E-state index contributed by atoms with van der Waals surface area (Å²) in [7, 11) is -4.12. The number of H-pyrrole nitrogens is 1. The minimum Gasteiger partial charge on any atom is -0.393 e. The van der Waals surface area contributed by atoms with E-state index in [0.717, 1.165) is 13.2 Å². The first kappa shape index (κ1) is 25.1. The summed E-state index contributed by atoms with van der Waals surface area (Å²) < 4.78 is 94.9. The molecule has 0 aliphatic rings. The highest BCUT2D eigenvalue weighted by Crippen LogP contribution is 2.30. The molecule has 0 saturated heterocycles. The monoisotopic (exact) mass is 521 g/mol. The van der Waals surface area contributed by atoms with Gasteiger partial charge in [0.2, 0.25) is 5.78 Å². The van der Waals surface area contributed by atoms with E-state index < -0.39 is 55.5 Å². The summed E-state index contributed by atoms with van der Waals surface area (Å²) >= 11 is 5.85. The van der Waals surface area contributed by atoms with Crippen LogP contribution in [0.3, 0.4) is 0 Å². The predicted octanol–water partition coefficient (Wildman–Crippen LogP) is 4.11. The molecule has 2 heterocycles. The molecule has 180 valence electrons. The maximum atomic E-state index is 15.1. The van der Waals surface area contributed by atoms with Gasteiger partial charge in [-0.05, 0) is 18.2 Å². The molecular formula is C19H13ClF5N5O3S. The van der Waals surface area contributed by atoms with E-state index in [4.69, 9.17) is 17.0 Å². The van der Waals surface area contributed by atoms with E-state index in [0.29, 0.717) is 18.3 Å². The number of nitrogens with one attached hydrogen (secondary N) is 4. The third-order valence-corrected chi connectivity index (χ3v) is 6.00. The number of nitrogens with zero attached hydrogens (tertiary/aromatic N) is 1. The number of ketones is 1. The van der Waals surface area contributed by atoms with Crippen LogP contribution >= 0.6 is 11.6 Å². The molecule has 0 saturated carbocycles. The van der Waals surface area contributed by atoms with Crippen LogP contribution in [0.15, 0.2) is 41.7 Å². The highest BCUT2D eigenvalue weighted by atomic mass is 35.5. The van der Waals surface area contributed by atoms with Crippen LogP contribution in [0.2, 0.25) is 5.02 Å². The van der Waals surface area contributed by atoms with Crippen molar-refractivity contribution in [3.05, 3.63) is 69.5 Å². The number of aromatic nitrogens is 2. The number of benzene rings is 1. The number of allylic oxidation sites excluding steroid dienone is 1. The van der Waals surface area contributed by atoms with Gasteiger partial charge in [0, 0.05) is 36.6 Å². The topological polar surface area (TPSA) is 128 Å². The number of pyridine rings is 1. The van der Waals surface area contributed by atoms with Gasteiger partial charge in [-0.15, -0.1) is 0 Å². The van der Waals surface area contributed by atoms with Crippen LogP contribution in [-0.4, -0.2) is 43.1 Å². The molecule has 4 N–H and O–H groups in total. The number of fused-ring (bicyclic) bond motifs is 1. The summed E-state index contributed by atoms with van der Waals surface area (Å²) in [6.45, 7) is 0. The van der Waals surface area contributed by atoms with Crippen molar-refractivity contribution in [1.82, 2.24) is 15.3 Å². The smallest absolute Gasteiger partial charge is 0.393 e.